The van der Waals surface area contributed by atoms with Crippen molar-refractivity contribution >= 4 is 0 Å². The number of hydrogen-bond donors (Lipinski definition) is 2. The highest BCUT2D eigenvalue weighted by atomic mass is 16.5. The number of nitriles is 1. The molecule has 1 heterocycles. The highest BCUT2D eigenvalue weighted by molar-refractivity contribution is 5.55. The number of hydrogen-bond acceptors (Lipinski definition) is 5. The van der Waals surface area contributed by atoms with Crippen LogP contribution >= 0.6 is 0 Å². The fourth-order valence-corrected chi connectivity index (χ4v) is 3.80. The number of nitrogens with zero attached hydrogens (tertiary/aromatic N) is 1. The van der Waals surface area contributed by atoms with Gasteiger partial charge in [0.1, 0.15) is 11.9 Å². The quantitative estimate of drug-likeness (QED) is 0.892. The van der Waals surface area contributed by atoms with E-state index in [0.717, 1.165) is 30.4 Å². The summed E-state index contributed by atoms with van der Waals surface area (Å²) >= 11 is 0. The summed E-state index contributed by atoms with van der Waals surface area (Å²) in [6.45, 7) is 2.22. The molecule has 3 N–H and O–H groups in total. The first kappa shape index (κ1) is 16.3. The van der Waals surface area contributed by atoms with Gasteiger partial charge in [-0.25, -0.2) is 0 Å². The van der Waals surface area contributed by atoms with E-state index in [0.29, 0.717) is 28.8 Å². The Morgan fingerprint density at radius 2 is 2.00 bits per heavy atom. The number of benzene rings is 1. The van der Waals surface area contributed by atoms with Crippen LogP contribution in [-0.4, -0.2) is 14.2 Å². The molecule has 1 aliphatic carbocycles. The van der Waals surface area contributed by atoms with Crippen LogP contribution in [0.4, 0.5) is 0 Å². The van der Waals surface area contributed by atoms with Crippen molar-refractivity contribution in [2.24, 2.45) is 11.7 Å². The summed E-state index contributed by atoms with van der Waals surface area (Å²) in [5.41, 5.74) is 10.2. The molecule has 1 aliphatic heterocycles. The molecule has 0 spiro atoms. The molecule has 0 aromatic heterocycles. The molecule has 0 bridgehead atoms. The fourth-order valence-electron chi connectivity index (χ4n) is 3.80. The summed E-state index contributed by atoms with van der Waals surface area (Å²) in [4.78, 5) is 0. The summed E-state index contributed by atoms with van der Waals surface area (Å²) in [5, 5.41) is 12.8. The molecule has 0 saturated carbocycles. The Kier molecular flexibility index (Phi) is 4.39. The second-order valence-corrected chi connectivity index (χ2v) is 6.32. The lowest BCUT2D eigenvalue weighted by Gasteiger charge is -2.37. The Morgan fingerprint density at radius 1 is 1.25 bits per heavy atom. The van der Waals surface area contributed by atoms with Gasteiger partial charge in [0.2, 0.25) is 0 Å². The molecule has 5 heteroatoms. The normalized spacial score (nSPS) is 23.2. The van der Waals surface area contributed by atoms with E-state index < -0.39 is 0 Å². The van der Waals surface area contributed by atoms with Crippen molar-refractivity contribution in [1.82, 2.24) is 5.32 Å². The zero-order valence-corrected chi connectivity index (χ0v) is 14.3. The predicted molar refractivity (Wildman–Crippen MR) is 92.3 cm³/mol. The topological polar surface area (TPSA) is 80.3 Å². The Balaban J connectivity index is 2.10. The molecule has 2 aliphatic rings. The number of nitrogens with one attached hydrogen (secondary N) is 1. The van der Waals surface area contributed by atoms with Crippen molar-refractivity contribution in [3.8, 4) is 17.6 Å². The maximum atomic E-state index is 9.50. The van der Waals surface area contributed by atoms with Crippen molar-refractivity contribution in [3.05, 3.63) is 46.3 Å². The summed E-state index contributed by atoms with van der Waals surface area (Å²) in [6.07, 6.45) is 3.13. The highest BCUT2D eigenvalue weighted by Crippen LogP contribution is 2.44. The number of methoxy groups -OCH3 is 2. The third kappa shape index (κ3) is 2.58. The molecule has 3 rings (SSSR count). The third-order valence-corrected chi connectivity index (χ3v) is 4.98. The Hall–Kier alpha value is -2.61. The molecule has 1 aromatic rings. The third-order valence-electron chi connectivity index (χ3n) is 4.98. The van der Waals surface area contributed by atoms with Crippen LogP contribution in [-0.2, 0) is 0 Å². The van der Waals surface area contributed by atoms with Gasteiger partial charge in [-0.3, -0.25) is 0 Å². The van der Waals surface area contributed by atoms with Gasteiger partial charge >= 0.3 is 0 Å². The van der Waals surface area contributed by atoms with Crippen LogP contribution in [0.1, 0.15) is 37.8 Å². The van der Waals surface area contributed by atoms with E-state index in [2.05, 4.69) is 18.3 Å². The molecule has 24 heavy (non-hydrogen) atoms. The van der Waals surface area contributed by atoms with Gasteiger partial charge in [0.25, 0.3) is 0 Å². The summed E-state index contributed by atoms with van der Waals surface area (Å²) in [6, 6.07) is 8.15. The summed E-state index contributed by atoms with van der Waals surface area (Å²) in [7, 11) is 3.26. The van der Waals surface area contributed by atoms with Gasteiger partial charge in [0.15, 0.2) is 11.5 Å². The Bertz CT molecular complexity index is 758. The van der Waals surface area contributed by atoms with Gasteiger partial charge in [-0.2, -0.15) is 5.26 Å². The molecule has 0 saturated heterocycles. The van der Waals surface area contributed by atoms with Crippen molar-refractivity contribution in [3.63, 3.8) is 0 Å². The van der Waals surface area contributed by atoms with Gasteiger partial charge in [-0.15, -0.1) is 0 Å². The lowest BCUT2D eigenvalue weighted by molar-refractivity contribution is 0.354. The Morgan fingerprint density at radius 3 is 2.67 bits per heavy atom. The first-order valence-electron chi connectivity index (χ1n) is 8.22. The molecular formula is C19H23N3O2. The minimum Gasteiger partial charge on any atom is -0.493 e. The molecule has 0 radical (unpaired) electrons. The second-order valence-electron chi connectivity index (χ2n) is 6.32. The minimum atomic E-state index is -0.0350. The van der Waals surface area contributed by atoms with Gasteiger partial charge in [0, 0.05) is 0 Å². The average molecular weight is 325 g/mol. The lowest BCUT2D eigenvalue weighted by Crippen LogP contribution is -2.36. The molecule has 2 atom stereocenters. The van der Waals surface area contributed by atoms with Gasteiger partial charge in [-0.1, -0.05) is 13.0 Å². The van der Waals surface area contributed by atoms with Crippen LogP contribution in [0.25, 0.3) is 0 Å². The van der Waals surface area contributed by atoms with Crippen LogP contribution in [0.5, 0.6) is 11.5 Å². The van der Waals surface area contributed by atoms with Crippen LogP contribution in [0, 0.1) is 17.2 Å². The predicted octanol–water partition coefficient (Wildman–Crippen LogP) is 3.16. The molecule has 0 amide bonds. The number of dihydropyridines is 1. The summed E-state index contributed by atoms with van der Waals surface area (Å²) in [5.74, 6) is 2.26. The van der Waals surface area contributed by atoms with E-state index in [1.54, 1.807) is 14.2 Å². The average Bonchev–Trinajstić information content (AvgIpc) is 2.60. The van der Waals surface area contributed by atoms with Crippen molar-refractivity contribution in [2.45, 2.75) is 32.2 Å². The van der Waals surface area contributed by atoms with Crippen molar-refractivity contribution in [1.29, 1.82) is 5.26 Å². The first-order valence-corrected chi connectivity index (χ1v) is 8.22. The maximum Gasteiger partial charge on any atom is 0.161 e. The van der Waals surface area contributed by atoms with Crippen LogP contribution in [0.2, 0.25) is 0 Å². The van der Waals surface area contributed by atoms with E-state index in [1.165, 1.54) is 5.57 Å². The largest absolute Gasteiger partial charge is 0.493 e. The minimum absolute atomic E-state index is 0.0350. The molecular weight excluding hydrogens is 302 g/mol. The van der Waals surface area contributed by atoms with E-state index in [9.17, 15) is 5.26 Å². The van der Waals surface area contributed by atoms with Crippen LogP contribution < -0.4 is 20.5 Å². The summed E-state index contributed by atoms with van der Waals surface area (Å²) < 4.78 is 10.8. The van der Waals surface area contributed by atoms with Gasteiger partial charge in [0.05, 0.1) is 25.8 Å². The number of nitrogens with two attached hydrogens (primary N) is 1. The SMILES string of the molecule is COc1ccc([C@H]2NC(N)=C(C#N)C3=C2[C@H](C)CCC3)cc1OC. The smallest absolute Gasteiger partial charge is 0.161 e. The maximum absolute atomic E-state index is 9.50. The van der Waals surface area contributed by atoms with Crippen LogP contribution in [0.15, 0.2) is 40.7 Å². The zero-order valence-electron chi connectivity index (χ0n) is 14.3. The van der Waals surface area contributed by atoms with E-state index >= 15 is 0 Å². The lowest BCUT2D eigenvalue weighted by atomic mass is 9.74. The molecule has 1 aromatic carbocycles. The number of rotatable bonds is 3. The molecule has 0 fully saturated rings. The molecule has 5 nitrogen and oxygen atoms in total. The molecule has 126 valence electrons. The second kappa shape index (κ2) is 6.48. The molecule has 0 unspecified atom stereocenters. The van der Waals surface area contributed by atoms with Gasteiger partial charge in [-0.05, 0) is 54.0 Å². The zero-order chi connectivity index (χ0) is 17.3. The highest BCUT2D eigenvalue weighted by Gasteiger charge is 2.34. The number of allylic oxidation sites excluding steroid dienone is 2. The monoisotopic (exact) mass is 325 g/mol. The van der Waals surface area contributed by atoms with Crippen molar-refractivity contribution < 1.29 is 9.47 Å². The van der Waals surface area contributed by atoms with Crippen LogP contribution in [0.3, 0.4) is 0 Å². The first-order chi connectivity index (χ1) is 11.6. The number of ether oxygens (including phenoxy) is 2. The van der Waals surface area contributed by atoms with E-state index in [-0.39, 0.29) is 6.04 Å². The standard InChI is InChI=1S/C19H23N3O2/c1-11-5-4-6-13-14(10-20)19(21)22-18(17(11)13)12-7-8-15(23-2)16(9-12)24-3/h7-9,11,18,22H,4-6,21H2,1-3H3/t11-,18-/m1/s1. The fraction of sp³-hybridized carbons (Fsp3) is 0.421. The Labute approximate surface area is 142 Å². The van der Waals surface area contributed by atoms with Gasteiger partial charge < -0.3 is 20.5 Å². The van der Waals surface area contributed by atoms with Crippen molar-refractivity contribution in [2.75, 3.05) is 14.2 Å². The van der Waals surface area contributed by atoms with E-state index in [1.807, 2.05) is 18.2 Å². The van der Waals surface area contributed by atoms with E-state index in [4.69, 9.17) is 15.2 Å².